The highest BCUT2D eigenvalue weighted by Gasteiger charge is 2.19. The van der Waals surface area contributed by atoms with Crippen molar-refractivity contribution in [2.75, 3.05) is 0 Å². The van der Waals surface area contributed by atoms with Crippen LogP contribution in [0.4, 0.5) is 4.79 Å². The molecule has 0 aromatic heterocycles. The molecule has 0 N–H and O–H groups in total. The molecule has 0 rings (SSSR count). The van der Waals surface area contributed by atoms with Crippen LogP contribution in [0.1, 0.15) is 6.92 Å². The van der Waals surface area contributed by atoms with Gasteiger partial charge in [0.15, 0.2) is 0 Å². The minimum absolute atomic E-state index is 1.02. The summed E-state index contributed by atoms with van der Waals surface area (Å²) in [5.41, 5.74) is -1.02. The fourth-order valence-corrected chi connectivity index (χ4v) is 0.514. The van der Waals surface area contributed by atoms with Crippen LogP contribution in [-0.2, 0) is 4.74 Å². The second-order valence-corrected chi connectivity index (χ2v) is 3.09. The van der Waals surface area contributed by atoms with Crippen LogP contribution in [0.2, 0.25) is 0 Å². The number of carbonyl (C=O) groups is 1. The van der Waals surface area contributed by atoms with Crippen LogP contribution >= 0.6 is 34.8 Å². The Morgan fingerprint density at radius 1 is 1.62 bits per heavy atom. The highest BCUT2D eigenvalue weighted by molar-refractivity contribution is 6.62. The van der Waals surface area contributed by atoms with E-state index in [9.17, 15) is 4.79 Å². The van der Waals surface area contributed by atoms with E-state index in [0.717, 1.165) is 0 Å². The van der Waals surface area contributed by atoms with E-state index in [1.54, 1.807) is 0 Å². The average Bonchev–Trinajstić information content (AvgIpc) is 1.21. The first-order valence-corrected chi connectivity index (χ1v) is 2.81. The molecule has 0 radical (unpaired) electrons. The number of hydrogen-bond acceptors (Lipinski definition) is 2. The van der Waals surface area contributed by atoms with Crippen LogP contribution < -0.4 is 0 Å². The van der Waals surface area contributed by atoms with Gasteiger partial charge in [0.05, 0.1) is 0 Å². The Morgan fingerprint density at radius 2 is 2.00 bits per heavy atom. The van der Waals surface area contributed by atoms with Gasteiger partial charge in [-0.1, -0.05) is 23.2 Å². The zero-order chi connectivity index (χ0) is 6.78. The monoisotopic (exact) mass is 176 g/mol. The Hall–Kier alpha value is 0.340. The summed E-state index contributed by atoms with van der Waals surface area (Å²) in [7, 11) is 0. The topological polar surface area (TPSA) is 26.3 Å². The molecule has 2 nitrogen and oxygen atoms in total. The SMILES string of the molecule is CC(Cl)(Cl)OC(=O)Cl. The fraction of sp³-hybridized carbons (Fsp3) is 0.667. The van der Waals surface area contributed by atoms with Crippen molar-refractivity contribution in [3.8, 4) is 0 Å². The van der Waals surface area contributed by atoms with Gasteiger partial charge in [-0.05, 0) is 0 Å². The van der Waals surface area contributed by atoms with E-state index in [0.29, 0.717) is 0 Å². The van der Waals surface area contributed by atoms with E-state index in [1.165, 1.54) is 6.92 Å². The molecule has 0 fully saturated rings. The van der Waals surface area contributed by atoms with Gasteiger partial charge in [-0.25, -0.2) is 4.79 Å². The molecule has 0 aliphatic rings. The smallest absolute Gasteiger partial charge is 0.406 e. The summed E-state index contributed by atoms with van der Waals surface area (Å²) in [6.45, 7) is 1.29. The second kappa shape index (κ2) is 2.76. The first-order valence-electron chi connectivity index (χ1n) is 1.68. The quantitative estimate of drug-likeness (QED) is 0.454. The zero-order valence-corrected chi connectivity index (χ0v) is 6.22. The summed E-state index contributed by atoms with van der Waals surface area (Å²) in [5, 5.41) is 0. The van der Waals surface area contributed by atoms with Crippen LogP contribution in [0.15, 0.2) is 0 Å². The summed E-state index contributed by atoms with van der Waals surface area (Å²) < 4.78 is 2.58. The van der Waals surface area contributed by atoms with Gasteiger partial charge in [0.2, 0.25) is 0 Å². The van der Waals surface area contributed by atoms with Crippen LogP contribution in [0.25, 0.3) is 0 Å². The largest absolute Gasteiger partial charge is 0.417 e. The molecule has 0 aromatic rings. The fourth-order valence-electron chi connectivity index (χ4n) is 0.141. The normalized spacial score (nSPS) is 11.0. The Kier molecular flexibility index (Phi) is 2.88. The van der Waals surface area contributed by atoms with Crippen molar-refractivity contribution in [1.29, 1.82) is 0 Å². The molecular weight excluding hydrogens is 174 g/mol. The van der Waals surface area contributed by atoms with Crippen molar-refractivity contribution in [2.45, 2.75) is 11.4 Å². The molecule has 0 saturated heterocycles. The Labute approximate surface area is 61.7 Å². The van der Waals surface area contributed by atoms with Gasteiger partial charge in [0.1, 0.15) is 0 Å². The molecule has 0 aliphatic heterocycles. The summed E-state index contributed by atoms with van der Waals surface area (Å²) in [4.78, 5) is 9.83. The van der Waals surface area contributed by atoms with Gasteiger partial charge < -0.3 is 4.74 Å². The standard InChI is InChI=1S/C3H3Cl3O2/c1-3(5,6)8-2(4)7/h1H3. The van der Waals surface area contributed by atoms with E-state index in [-0.39, 0.29) is 0 Å². The van der Waals surface area contributed by atoms with Gasteiger partial charge in [0.25, 0.3) is 4.52 Å². The predicted molar refractivity (Wildman–Crippen MR) is 32.4 cm³/mol. The van der Waals surface area contributed by atoms with E-state index in [1.807, 2.05) is 0 Å². The lowest BCUT2D eigenvalue weighted by Gasteiger charge is -2.10. The van der Waals surface area contributed by atoms with E-state index >= 15 is 0 Å². The Morgan fingerprint density at radius 3 is 2.00 bits per heavy atom. The molecule has 8 heavy (non-hydrogen) atoms. The molecule has 0 aliphatic carbocycles. The Bertz CT molecular complexity index is 95.2. The van der Waals surface area contributed by atoms with Gasteiger partial charge in [0, 0.05) is 18.5 Å². The molecule has 0 unspecified atom stereocenters. The van der Waals surface area contributed by atoms with Crippen molar-refractivity contribution < 1.29 is 9.53 Å². The van der Waals surface area contributed by atoms with Crippen molar-refractivity contribution in [3.05, 3.63) is 0 Å². The molecule has 0 heterocycles. The molecule has 0 atom stereocenters. The highest BCUT2D eigenvalue weighted by atomic mass is 35.5. The first kappa shape index (κ1) is 8.34. The average molecular weight is 177 g/mol. The molecule has 0 aromatic carbocycles. The first-order chi connectivity index (χ1) is 3.42. The number of alkyl halides is 2. The summed E-state index contributed by atoms with van der Waals surface area (Å²) in [5.74, 6) is 0. The maximum atomic E-state index is 9.83. The minimum atomic E-state index is -1.52. The third-order valence-electron chi connectivity index (χ3n) is 0.259. The van der Waals surface area contributed by atoms with E-state index < -0.39 is 9.95 Å². The van der Waals surface area contributed by atoms with Crippen molar-refractivity contribution in [3.63, 3.8) is 0 Å². The maximum absolute atomic E-state index is 9.83. The van der Waals surface area contributed by atoms with Crippen LogP contribution in [0.3, 0.4) is 0 Å². The minimum Gasteiger partial charge on any atom is -0.417 e. The summed E-state index contributed by atoms with van der Waals surface area (Å²) in [6, 6.07) is 0. The lowest BCUT2D eigenvalue weighted by molar-refractivity contribution is 0.149. The number of carbonyl (C=O) groups excluding carboxylic acids is 1. The number of rotatable bonds is 1. The molecular formula is C3H3Cl3O2. The van der Waals surface area contributed by atoms with Crippen molar-refractivity contribution in [1.82, 2.24) is 0 Å². The summed E-state index contributed by atoms with van der Waals surface area (Å²) in [6.07, 6.45) is 0. The van der Waals surface area contributed by atoms with Gasteiger partial charge >= 0.3 is 5.43 Å². The number of ether oxygens (including phenoxy) is 1. The lowest BCUT2D eigenvalue weighted by atomic mass is 10.8. The van der Waals surface area contributed by atoms with Crippen molar-refractivity contribution >= 4 is 40.2 Å². The van der Waals surface area contributed by atoms with E-state index in [2.05, 4.69) is 4.74 Å². The highest BCUT2D eigenvalue weighted by Crippen LogP contribution is 2.21. The van der Waals surface area contributed by atoms with E-state index in [4.69, 9.17) is 34.8 Å². The molecule has 0 amide bonds. The van der Waals surface area contributed by atoms with Crippen LogP contribution in [0, 0.1) is 0 Å². The van der Waals surface area contributed by atoms with Crippen LogP contribution in [-0.4, -0.2) is 9.95 Å². The molecule has 0 spiro atoms. The van der Waals surface area contributed by atoms with Gasteiger partial charge in [-0.15, -0.1) is 0 Å². The molecule has 5 heteroatoms. The van der Waals surface area contributed by atoms with Crippen LogP contribution in [0.5, 0.6) is 0 Å². The maximum Gasteiger partial charge on any atom is 0.406 e. The number of hydrogen-bond donors (Lipinski definition) is 0. The van der Waals surface area contributed by atoms with Gasteiger partial charge in [-0.2, -0.15) is 0 Å². The molecule has 0 bridgehead atoms. The third-order valence-corrected chi connectivity index (χ3v) is 0.491. The molecule has 0 saturated carbocycles. The summed E-state index contributed by atoms with van der Waals surface area (Å²) >= 11 is 15.1. The number of halogens is 3. The van der Waals surface area contributed by atoms with Crippen molar-refractivity contribution in [2.24, 2.45) is 0 Å². The third kappa shape index (κ3) is 6.34. The molecule has 48 valence electrons. The lowest BCUT2D eigenvalue weighted by Crippen LogP contribution is -2.13. The Balaban J connectivity index is 3.55. The predicted octanol–water partition coefficient (Wildman–Crippen LogP) is 2.51. The second-order valence-electron chi connectivity index (χ2n) is 1.15. The van der Waals surface area contributed by atoms with Gasteiger partial charge in [-0.3, -0.25) is 0 Å². The zero-order valence-electron chi connectivity index (χ0n) is 3.95.